The quantitative estimate of drug-likeness (QED) is 0.694. The van der Waals surface area contributed by atoms with Gasteiger partial charge in [-0.1, -0.05) is 11.6 Å². The molecule has 20 heavy (non-hydrogen) atoms. The summed E-state index contributed by atoms with van der Waals surface area (Å²) in [5, 5.41) is 8.98. The SMILES string of the molecule is Cc1ccc(F)c(-c2cc(C(F)(F)F)ccc2C#N)c1. The zero-order valence-electron chi connectivity index (χ0n) is 10.4. The Hall–Kier alpha value is -2.35. The summed E-state index contributed by atoms with van der Waals surface area (Å²) in [6.45, 7) is 1.70. The molecule has 0 aliphatic rings. The fraction of sp³-hybridized carbons (Fsp3) is 0.133. The van der Waals surface area contributed by atoms with E-state index in [1.54, 1.807) is 13.0 Å². The average Bonchev–Trinajstić information content (AvgIpc) is 2.40. The van der Waals surface area contributed by atoms with E-state index in [-0.39, 0.29) is 16.7 Å². The van der Waals surface area contributed by atoms with Crippen LogP contribution in [0.25, 0.3) is 11.1 Å². The Labute approximate surface area is 113 Å². The van der Waals surface area contributed by atoms with Crippen LogP contribution in [0, 0.1) is 24.1 Å². The van der Waals surface area contributed by atoms with Crippen LogP contribution in [-0.4, -0.2) is 0 Å². The third-order valence-corrected chi connectivity index (χ3v) is 2.88. The molecule has 0 saturated carbocycles. The van der Waals surface area contributed by atoms with E-state index in [0.717, 1.165) is 18.2 Å². The molecule has 5 heteroatoms. The minimum atomic E-state index is -4.54. The summed E-state index contributed by atoms with van der Waals surface area (Å²) in [5.41, 5.74) is -0.270. The number of hydrogen-bond acceptors (Lipinski definition) is 1. The van der Waals surface area contributed by atoms with Crippen molar-refractivity contribution in [2.45, 2.75) is 13.1 Å². The van der Waals surface area contributed by atoms with E-state index < -0.39 is 17.6 Å². The number of aryl methyl sites for hydroxylation is 1. The van der Waals surface area contributed by atoms with Gasteiger partial charge in [-0.15, -0.1) is 0 Å². The van der Waals surface area contributed by atoms with Gasteiger partial charge in [-0.3, -0.25) is 0 Å². The molecule has 0 bridgehead atoms. The highest BCUT2D eigenvalue weighted by Crippen LogP contribution is 2.35. The fourth-order valence-electron chi connectivity index (χ4n) is 1.89. The van der Waals surface area contributed by atoms with E-state index in [2.05, 4.69) is 0 Å². The Morgan fingerprint density at radius 2 is 1.70 bits per heavy atom. The van der Waals surface area contributed by atoms with Crippen molar-refractivity contribution in [2.75, 3.05) is 0 Å². The van der Waals surface area contributed by atoms with Crippen LogP contribution < -0.4 is 0 Å². The van der Waals surface area contributed by atoms with Gasteiger partial charge in [0.25, 0.3) is 0 Å². The third-order valence-electron chi connectivity index (χ3n) is 2.88. The van der Waals surface area contributed by atoms with Gasteiger partial charge in [0.15, 0.2) is 0 Å². The highest BCUT2D eigenvalue weighted by atomic mass is 19.4. The first-order chi connectivity index (χ1) is 9.32. The smallest absolute Gasteiger partial charge is 0.206 e. The van der Waals surface area contributed by atoms with Crippen LogP contribution in [0.4, 0.5) is 17.6 Å². The second-order valence-corrected chi connectivity index (χ2v) is 4.35. The predicted molar refractivity (Wildman–Crippen MR) is 66.3 cm³/mol. The highest BCUT2D eigenvalue weighted by Gasteiger charge is 2.31. The van der Waals surface area contributed by atoms with Crippen molar-refractivity contribution < 1.29 is 17.6 Å². The number of rotatable bonds is 1. The number of nitriles is 1. The minimum Gasteiger partial charge on any atom is -0.206 e. The molecule has 0 saturated heterocycles. The van der Waals surface area contributed by atoms with Crippen molar-refractivity contribution in [1.29, 1.82) is 5.26 Å². The second-order valence-electron chi connectivity index (χ2n) is 4.35. The lowest BCUT2D eigenvalue weighted by molar-refractivity contribution is -0.137. The van der Waals surface area contributed by atoms with Gasteiger partial charge in [-0.25, -0.2) is 4.39 Å². The molecule has 0 unspecified atom stereocenters. The first kappa shape index (κ1) is 14.1. The highest BCUT2D eigenvalue weighted by molar-refractivity contribution is 5.72. The topological polar surface area (TPSA) is 23.8 Å². The summed E-state index contributed by atoms with van der Waals surface area (Å²) in [4.78, 5) is 0. The Morgan fingerprint density at radius 1 is 1.00 bits per heavy atom. The summed E-state index contributed by atoms with van der Waals surface area (Å²) in [5.74, 6) is -0.661. The second kappa shape index (κ2) is 4.97. The van der Waals surface area contributed by atoms with Gasteiger partial charge in [0, 0.05) is 11.1 Å². The Kier molecular flexibility index (Phi) is 3.49. The summed E-state index contributed by atoms with van der Waals surface area (Å²) >= 11 is 0. The summed E-state index contributed by atoms with van der Waals surface area (Å²) in [6, 6.07) is 8.57. The van der Waals surface area contributed by atoms with E-state index in [1.165, 1.54) is 18.2 Å². The molecule has 0 heterocycles. The van der Waals surface area contributed by atoms with E-state index in [4.69, 9.17) is 5.26 Å². The normalized spacial score (nSPS) is 11.2. The van der Waals surface area contributed by atoms with Crippen molar-refractivity contribution in [3.05, 3.63) is 58.9 Å². The molecule has 0 spiro atoms. The third kappa shape index (κ3) is 2.64. The van der Waals surface area contributed by atoms with Crippen molar-refractivity contribution in [1.82, 2.24) is 0 Å². The van der Waals surface area contributed by atoms with Gasteiger partial charge in [0.1, 0.15) is 5.82 Å². The van der Waals surface area contributed by atoms with Crippen LogP contribution in [0.2, 0.25) is 0 Å². The van der Waals surface area contributed by atoms with Crippen LogP contribution >= 0.6 is 0 Å². The molecular weight excluding hydrogens is 270 g/mol. The minimum absolute atomic E-state index is 0.00231. The molecule has 2 rings (SSSR count). The van der Waals surface area contributed by atoms with Crippen LogP contribution in [0.3, 0.4) is 0 Å². The first-order valence-electron chi connectivity index (χ1n) is 5.71. The summed E-state index contributed by atoms with van der Waals surface area (Å²) in [7, 11) is 0. The number of halogens is 4. The maximum atomic E-state index is 13.8. The standard InChI is InChI=1S/C15H9F4N/c1-9-2-5-14(16)13(6-9)12-7-11(15(17,18)19)4-3-10(12)8-20/h2-7H,1H3. The van der Waals surface area contributed by atoms with Gasteiger partial charge in [0.05, 0.1) is 17.2 Å². The van der Waals surface area contributed by atoms with Gasteiger partial charge in [0.2, 0.25) is 0 Å². The van der Waals surface area contributed by atoms with E-state index >= 15 is 0 Å². The molecule has 102 valence electrons. The zero-order valence-corrected chi connectivity index (χ0v) is 10.4. The van der Waals surface area contributed by atoms with Crippen molar-refractivity contribution >= 4 is 0 Å². The molecule has 0 aliphatic carbocycles. The van der Waals surface area contributed by atoms with Gasteiger partial charge < -0.3 is 0 Å². The molecule has 0 fully saturated rings. The van der Waals surface area contributed by atoms with E-state index in [0.29, 0.717) is 5.56 Å². The molecular formula is C15H9F4N. The lowest BCUT2D eigenvalue weighted by Crippen LogP contribution is -2.05. The predicted octanol–water partition coefficient (Wildman–Crippen LogP) is 4.69. The fourth-order valence-corrected chi connectivity index (χ4v) is 1.89. The van der Waals surface area contributed by atoms with Crippen LogP contribution in [-0.2, 0) is 6.18 Å². The molecule has 2 aromatic carbocycles. The van der Waals surface area contributed by atoms with Crippen LogP contribution in [0.1, 0.15) is 16.7 Å². The van der Waals surface area contributed by atoms with Crippen molar-refractivity contribution in [3.63, 3.8) is 0 Å². The molecule has 1 nitrogen and oxygen atoms in total. The van der Waals surface area contributed by atoms with Crippen molar-refractivity contribution in [3.8, 4) is 17.2 Å². The number of hydrogen-bond donors (Lipinski definition) is 0. The van der Waals surface area contributed by atoms with Gasteiger partial charge in [-0.05, 0) is 37.3 Å². The monoisotopic (exact) mass is 279 g/mol. The average molecular weight is 279 g/mol. The molecule has 2 aromatic rings. The molecule has 0 N–H and O–H groups in total. The molecule has 0 amide bonds. The van der Waals surface area contributed by atoms with E-state index in [1.807, 2.05) is 0 Å². The van der Waals surface area contributed by atoms with Crippen LogP contribution in [0.5, 0.6) is 0 Å². The lowest BCUT2D eigenvalue weighted by atomic mass is 9.96. The van der Waals surface area contributed by atoms with E-state index in [9.17, 15) is 17.6 Å². The Morgan fingerprint density at radius 3 is 2.30 bits per heavy atom. The van der Waals surface area contributed by atoms with Gasteiger partial charge in [-0.2, -0.15) is 18.4 Å². The number of nitrogens with zero attached hydrogens (tertiary/aromatic N) is 1. The molecule has 0 radical (unpaired) electrons. The molecule has 0 atom stereocenters. The molecule has 0 aliphatic heterocycles. The summed E-state index contributed by atoms with van der Waals surface area (Å²) < 4.78 is 52.0. The zero-order chi connectivity index (χ0) is 14.9. The maximum Gasteiger partial charge on any atom is 0.416 e. The maximum absolute atomic E-state index is 13.8. The number of benzene rings is 2. The number of alkyl halides is 3. The lowest BCUT2D eigenvalue weighted by Gasteiger charge is -2.11. The Bertz CT molecular complexity index is 696. The van der Waals surface area contributed by atoms with Crippen molar-refractivity contribution in [2.24, 2.45) is 0 Å². The van der Waals surface area contributed by atoms with Gasteiger partial charge >= 0.3 is 6.18 Å². The Balaban J connectivity index is 2.72. The largest absolute Gasteiger partial charge is 0.416 e. The summed E-state index contributed by atoms with van der Waals surface area (Å²) in [6.07, 6.45) is -4.54. The van der Waals surface area contributed by atoms with Crippen LogP contribution in [0.15, 0.2) is 36.4 Å². The first-order valence-corrected chi connectivity index (χ1v) is 5.71. The molecule has 0 aromatic heterocycles.